The zero-order chi connectivity index (χ0) is 10.6. The van der Waals surface area contributed by atoms with Crippen LogP contribution in [0.1, 0.15) is 12.5 Å². The van der Waals surface area contributed by atoms with Gasteiger partial charge in [0.25, 0.3) is 0 Å². The van der Waals surface area contributed by atoms with Crippen molar-refractivity contribution in [2.75, 3.05) is 7.11 Å². The third kappa shape index (κ3) is 3.01. The molecule has 3 N–H and O–H groups in total. The Morgan fingerprint density at radius 3 is 2.36 bits per heavy atom. The van der Waals surface area contributed by atoms with Gasteiger partial charge in [-0.1, -0.05) is 12.1 Å². The lowest BCUT2D eigenvalue weighted by atomic mass is 10.0. The molecule has 78 valence electrons. The molecule has 14 heavy (non-hydrogen) atoms. The lowest BCUT2D eigenvalue weighted by Gasteiger charge is -2.14. The Kier molecular flexibility index (Phi) is 3.92. The molecule has 0 radical (unpaired) electrons. The molecule has 0 saturated heterocycles. The number of benzene rings is 1. The number of ether oxygens (including phenoxy) is 1. The van der Waals surface area contributed by atoms with Gasteiger partial charge >= 0.3 is 0 Å². The molecular formula is C11H17NO2. The predicted octanol–water partition coefficient (Wildman–Crippen LogP) is 0.946. The first-order chi connectivity index (χ1) is 6.63. The van der Waals surface area contributed by atoms with Gasteiger partial charge in [0.15, 0.2) is 0 Å². The summed E-state index contributed by atoms with van der Waals surface area (Å²) in [7, 11) is 1.63. The molecule has 3 heteroatoms. The molecule has 0 aromatic heterocycles. The van der Waals surface area contributed by atoms with E-state index in [0.717, 1.165) is 11.3 Å². The van der Waals surface area contributed by atoms with Crippen molar-refractivity contribution in [1.82, 2.24) is 0 Å². The van der Waals surface area contributed by atoms with Crippen molar-refractivity contribution < 1.29 is 9.84 Å². The highest BCUT2D eigenvalue weighted by atomic mass is 16.5. The molecule has 0 amide bonds. The largest absolute Gasteiger partial charge is 0.497 e. The van der Waals surface area contributed by atoms with Gasteiger partial charge in [-0.05, 0) is 31.0 Å². The van der Waals surface area contributed by atoms with E-state index in [0.29, 0.717) is 6.42 Å². The van der Waals surface area contributed by atoms with Crippen molar-refractivity contribution in [3.05, 3.63) is 29.8 Å². The van der Waals surface area contributed by atoms with Crippen molar-refractivity contribution in [2.45, 2.75) is 25.5 Å². The van der Waals surface area contributed by atoms with E-state index in [2.05, 4.69) is 0 Å². The fourth-order valence-electron chi connectivity index (χ4n) is 1.19. The summed E-state index contributed by atoms with van der Waals surface area (Å²) in [6.07, 6.45) is 0.102. The summed E-state index contributed by atoms with van der Waals surface area (Å²) in [6, 6.07) is 7.43. The lowest BCUT2D eigenvalue weighted by molar-refractivity contribution is 0.151. The van der Waals surface area contributed by atoms with Gasteiger partial charge < -0.3 is 15.6 Å². The smallest absolute Gasteiger partial charge is 0.118 e. The number of aliphatic hydroxyl groups excluding tert-OH is 1. The zero-order valence-electron chi connectivity index (χ0n) is 8.60. The second kappa shape index (κ2) is 4.98. The van der Waals surface area contributed by atoms with Crippen LogP contribution < -0.4 is 10.5 Å². The normalized spacial score (nSPS) is 14.9. The topological polar surface area (TPSA) is 55.5 Å². The summed E-state index contributed by atoms with van der Waals surface area (Å²) in [5.74, 6) is 0.823. The fourth-order valence-corrected chi connectivity index (χ4v) is 1.19. The number of aliphatic hydroxyl groups is 1. The number of hydrogen-bond acceptors (Lipinski definition) is 3. The van der Waals surface area contributed by atoms with Crippen LogP contribution in [0.15, 0.2) is 24.3 Å². The molecule has 1 aromatic carbocycles. The Hall–Kier alpha value is -1.06. The summed E-state index contributed by atoms with van der Waals surface area (Å²) < 4.78 is 5.03. The summed E-state index contributed by atoms with van der Waals surface area (Å²) in [4.78, 5) is 0. The summed E-state index contributed by atoms with van der Waals surface area (Å²) in [5, 5.41) is 9.55. The molecule has 0 unspecified atom stereocenters. The van der Waals surface area contributed by atoms with Crippen molar-refractivity contribution in [2.24, 2.45) is 5.73 Å². The molecule has 0 spiro atoms. The van der Waals surface area contributed by atoms with Crippen LogP contribution in [-0.2, 0) is 6.42 Å². The molecule has 3 nitrogen and oxygen atoms in total. The molecule has 0 bridgehead atoms. The van der Waals surface area contributed by atoms with E-state index in [-0.39, 0.29) is 6.04 Å². The second-order valence-corrected chi connectivity index (χ2v) is 3.48. The fraction of sp³-hybridized carbons (Fsp3) is 0.455. The third-order valence-electron chi connectivity index (χ3n) is 2.21. The van der Waals surface area contributed by atoms with Gasteiger partial charge in [-0.2, -0.15) is 0 Å². The van der Waals surface area contributed by atoms with Crippen LogP contribution in [0.3, 0.4) is 0 Å². The average molecular weight is 195 g/mol. The van der Waals surface area contributed by atoms with Gasteiger partial charge in [0.1, 0.15) is 5.75 Å². The molecule has 0 fully saturated rings. The Bertz CT molecular complexity index is 269. The Morgan fingerprint density at radius 2 is 1.93 bits per heavy atom. The Balaban J connectivity index is 2.59. The monoisotopic (exact) mass is 195 g/mol. The van der Waals surface area contributed by atoms with Crippen LogP contribution in [-0.4, -0.2) is 24.4 Å². The van der Waals surface area contributed by atoms with E-state index in [9.17, 15) is 5.11 Å². The minimum Gasteiger partial charge on any atom is -0.497 e. The number of hydrogen-bond donors (Lipinski definition) is 2. The van der Waals surface area contributed by atoms with E-state index in [1.807, 2.05) is 24.3 Å². The maximum atomic E-state index is 9.55. The van der Waals surface area contributed by atoms with Crippen molar-refractivity contribution in [3.8, 4) is 5.75 Å². The summed E-state index contributed by atoms with van der Waals surface area (Å²) in [5.41, 5.74) is 6.63. The van der Waals surface area contributed by atoms with Gasteiger partial charge in [0, 0.05) is 6.04 Å². The molecule has 0 aliphatic heterocycles. The van der Waals surface area contributed by atoms with Crippen LogP contribution in [0, 0.1) is 0 Å². The zero-order valence-corrected chi connectivity index (χ0v) is 8.60. The van der Waals surface area contributed by atoms with E-state index in [4.69, 9.17) is 10.5 Å². The van der Waals surface area contributed by atoms with Crippen LogP contribution in [0.25, 0.3) is 0 Å². The van der Waals surface area contributed by atoms with Gasteiger partial charge in [0.2, 0.25) is 0 Å². The molecule has 1 aromatic rings. The van der Waals surface area contributed by atoms with Crippen LogP contribution in [0.4, 0.5) is 0 Å². The first-order valence-electron chi connectivity index (χ1n) is 4.70. The standard InChI is InChI=1S/C11H17NO2/c1-8(12)11(13)7-9-3-5-10(14-2)6-4-9/h3-6,8,11,13H,7,12H2,1-2H3/t8-,11-/m0/s1. The minimum absolute atomic E-state index is 0.197. The first kappa shape index (κ1) is 11.0. The number of methoxy groups -OCH3 is 1. The maximum Gasteiger partial charge on any atom is 0.118 e. The van der Waals surface area contributed by atoms with Crippen LogP contribution in [0.2, 0.25) is 0 Å². The summed E-state index contributed by atoms with van der Waals surface area (Å²) >= 11 is 0. The van der Waals surface area contributed by atoms with E-state index in [1.165, 1.54) is 0 Å². The maximum absolute atomic E-state index is 9.55. The van der Waals surface area contributed by atoms with Crippen molar-refractivity contribution in [3.63, 3.8) is 0 Å². The van der Waals surface area contributed by atoms with Gasteiger partial charge in [0.05, 0.1) is 13.2 Å². The number of nitrogens with two attached hydrogens (primary N) is 1. The highest BCUT2D eigenvalue weighted by Gasteiger charge is 2.09. The van der Waals surface area contributed by atoms with E-state index < -0.39 is 6.10 Å². The average Bonchev–Trinajstić information content (AvgIpc) is 2.19. The molecular weight excluding hydrogens is 178 g/mol. The summed E-state index contributed by atoms with van der Waals surface area (Å²) in [6.45, 7) is 1.80. The molecule has 2 atom stereocenters. The van der Waals surface area contributed by atoms with Gasteiger partial charge in [-0.25, -0.2) is 0 Å². The van der Waals surface area contributed by atoms with Crippen LogP contribution in [0.5, 0.6) is 5.75 Å². The SMILES string of the molecule is COc1ccc(C[C@H](O)[C@H](C)N)cc1. The Labute approximate surface area is 84.5 Å². The predicted molar refractivity (Wildman–Crippen MR) is 56.4 cm³/mol. The molecule has 1 rings (SSSR count). The molecule has 0 aliphatic carbocycles. The second-order valence-electron chi connectivity index (χ2n) is 3.48. The molecule has 0 heterocycles. The number of rotatable bonds is 4. The quantitative estimate of drug-likeness (QED) is 0.752. The lowest BCUT2D eigenvalue weighted by Crippen LogP contribution is -2.32. The first-order valence-corrected chi connectivity index (χ1v) is 4.70. The van der Waals surface area contributed by atoms with Gasteiger partial charge in [-0.15, -0.1) is 0 Å². The van der Waals surface area contributed by atoms with Crippen LogP contribution >= 0.6 is 0 Å². The third-order valence-corrected chi connectivity index (χ3v) is 2.21. The van der Waals surface area contributed by atoms with Crippen molar-refractivity contribution in [1.29, 1.82) is 0 Å². The highest BCUT2D eigenvalue weighted by Crippen LogP contribution is 2.13. The van der Waals surface area contributed by atoms with E-state index in [1.54, 1.807) is 14.0 Å². The highest BCUT2D eigenvalue weighted by molar-refractivity contribution is 5.27. The minimum atomic E-state index is -0.483. The Morgan fingerprint density at radius 1 is 1.36 bits per heavy atom. The molecule has 0 aliphatic rings. The van der Waals surface area contributed by atoms with Crippen molar-refractivity contribution >= 4 is 0 Å². The van der Waals surface area contributed by atoms with Gasteiger partial charge in [-0.3, -0.25) is 0 Å². The van der Waals surface area contributed by atoms with E-state index >= 15 is 0 Å². The molecule has 0 saturated carbocycles.